The molecule has 0 nitrogen and oxygen atoms in total. The Kier molecular flexibility index (Phi) is 36.9. The maximum atomic E-state index is 4.40. The molecule has 0 N–H and O–H groups in total. The van der Waals surface area contributed by atoms with Crippen molar-refractivity contribution in [3.05, 3.63) is 0 Å². The molecule has 0 fully saturated rings. The van der Waals surface area contributed by atoms with Gasteiger partial charge < -0.3 is 0 Å². The van der Waals surface area contributed by atoms with Crippen LogP contribution in [0.25, 0.3) is 0 Å². The molecule has 12 heteroatoms. The van der Waals surface area contributed by atoms with Gasteiger partial charge in [0, 0.05) is 73.3 Å². The fraction of sp³-hybridized carbons (Fsp3) is 1.00. The van der Waals surface area contributed by atoms with E-state index in [1.807, 2.05) is 58.8 Å². The Hall–Kier alpha value is 4.20. The summed E-state index contributed by atoms with van der Waals surface area (Å²) in [5.41, 5.74) is 0. The summed E-state index contributed by atoms with van der Waals surface area (Å²) in [4.78, 5) is 0. The first-order chi connectivity index (χ1) is 14.1. The monoisotopic (exact) mass is 626 g/mol. The minimum Gasteiger partial charge on any atom is -0.179 e. The van der Waals surface area contributed by atoms with Crippen LogP contribution in [0, 0.1) is 0 Å². The molecule has 0 aromatic heterocycles. The van der Waals surface area contributed by atoms with E-state index in [1.165, 1.54) is 17.3 Å². The van der Waals surface area contributed by atoms with Gasteiger partial charge in [0.2, 0.25) is 0 Å². The first-order valence-electron chi connectivity index (χ1n) is 9.39. The first-order valence-corrected chi connectivity index (χ1v) is 19.3. The van der Waals surface area contributed by atoms with Crippen molar-refractivity contribution >= 4 is 147 Å². The average Bonchev–Trinajstić information content (AvgIpc) is 2.75. The lowest BCUT2D eigenvalue weighted by Gasteiger charge is -2.16. The molecular weight excluding hydrogens is 589 g/mol. The minimum atomic E-state index is 0.658. The predicted octanol–water partition coefficient (Wildman–Crippen LogP) is 6.25. The van der Waals surface area contributed by atoms with E-state index in [1.54, 1.807) is 0 Å². The Balaban J connectivity index is 0. The second-order valence-electron chi connectivity index (χ2n) is 5.53. The molecule has 0 aliphatic carbocycles. The summed E-state index contributed by atoms with van der Waals surface area (Å²) >= 11 is 39.9. The Morgan fingerprint density at radius 2 is 0.724 bits per heavy atom. The number of rotatable bonds is 20. The molecular formula is C17H38S12. The molecule has 0 radical (unpaired) electrons. The van der Waals surface area contributed by atoms with Crippen molar-refractivity contribution in [3.63, 3.8) is 0 Å². The van der Waals surface area contributed by atoms with Gasteiger partial charge >= 0.3 is 0 Å². The molecule has 0 rings (SSSR count). The lowest BCUT2D eigenvalue weighted by Crippen LogP contribution is -2.14. The molecule has 0 aliphatic rings. The predicted molar refractivity (Wildman–Crippen MR) is 180 cm³/mol. The molecule has 0 aromatic carbocycles. The molecule has 3 unspecified atom stereocenters. The van der Waals surface area contributed by atoms with Crippen LogP contribution >= 0.6 is 147 Å². The van der Waals surface area contributed by atoms with E-state index in [9.17, 15) is 0 Å². The van der Waals surface area contributed by atoms with Crippen molar-refractivity contribution in [2.45, 2.75) is 15.7 Å². The van der Waals surface area contributed by atoms with Crippen molar-refractivity contribution in [1.29, 1.82) is 0 Å². The van der Waals surface area contributed by atoms with Gasteiger partial charge in [-0.2, -0.15) is 147 Å². The van der Waals surface area contributed by atoms with Crippen LogP contribution in [0.1, 0.15) is 0 Å². The van der Waals surface area contributed by atoms with Crippen molar-refractivity contribution in [1.82, 2.24) is 0 Å². The zero-order chi connectivity index (χ0) is 22.2. The fourth-order valence-corrected chi connectivity index (χ4v) is 10.2. The van der Waals surface area contributed by atoms with E-state index in [4.69, 9.17) is 0 Å². The second-order valence-corrected chi connectivity index (χ2v) is 14.9. The summed E-state index contributed by atoms with van der Waals surface area (Å²) in [6.45, 7) is 0. The zero-order valence-electron chi connectivity index (χ0n) is 16.8. The number of thioether (sulfide) groups is 5. The quantitative estimate of drug-likeness (QED) is 0.0629. The Bertz CT molecular complexity index is 282. The molecule has 0 heterocycles. The fourth-order valence-electron chi connectivity index (χ4n) is 1.73. The van der Waals surface area contributed by atoms with Crippen molar-refractivity contribution in [2.75, 3.05) is 80.5 Å². The topological polar surface area (TPSA) is 0 Å². The van der Waals surface area contributed by atoms with Gasteiger partial charge in [-0.25, -0.2) is 0 Å². The molecule has 0 bridgehead atoms. The van der Waals surface area contributed by atoms with E-state index >= 15 is 0 Å². The van der Waals surface area contributed by atoms with Crippen LogP contribution in [0.2, 0.25) is 0 Å². The summed E-state index contributed by atoms with van der Waals surface area (Å²) in [5, 5.41) is 2.00. The van der Waals surface area contributed by atoms with E-state index in [0.717, 1.165) is 63.3 Å². The molecule has 0 aliphatic heterocycles. The summed E-state index contributed by atoms with van der Waals surface area (Å²) in [6, 6.07) is 0. The van der Waals surface area contributed by atoms with E-state index < -0.39 is 0 Å². The highest BCUT2D eigenvalue weighted by Gasteiger charge is 2.11. The van der Waals surface area contributed by atoms with Crippen molar-refractivity contribution in [2.24, 2.45) is 0 Å². The van der Waals surface area contributed by atoms with Crippen LogP contribution in [0.15, 0.2) is 0 Å². The highest BCUT2D eigenvalue weighted by molar-refractivity contribution is 8.06. The van der Waals surface area contributed by atoms with Crippen molar-refractivity contribution in [3.8, 4) is 0 Å². The third-order valence-electron chi connectivity index (χ3n) is 3.09. The molecule has 178 valence electrons. The van der Waals surface area contributed by atoms with Gasteiger partial charge in [0.05, 0.1) is 0 Å². The highest BCUT2D eigenvalue weighted by atomic mass is 32.2. The van der Waals surface area contributed by atoms with E-state index in [-0.39, 0.29) is 0 Å². The maximum absolute atomic E-state index is 4.40. The van der Waals surface area contributed by atoms with Gasteiger partial charge in [0.15, 0.2) is 0 Å². The third-order valence-corrected chi connectivity index (χ3v) is 14.0. The van der Waals surface area contributed by atoms with Crippen LogP contribution in [0.3, 0.4) is 0 Å². The van der Waals surface area contributed by atoms with Gasteiger partial charge in [-0.15, -0.1) is 0 Å². The minimum absolute atomic E-state index is 0.658. The summed E-state index contributed by atoms with van der Waals surface area (Å²) < 4.78 is 0. The maximum Gasteiger partial charge on any atom is 0.0226 e. The largest absolute Gasteiger partial charge is 0.179 e. The summed E-state index contributed by atoms with van der Waals surface area (Å²) in [7, 11) is 0. The Morgan fingerprint density at radius 1 is 0.414 bits per heavy atom. The standard InChI is InChI=1S/C10H22S7.C7H16S5/c11-1-3-16-9(5-13)7-15-8-10(6-14)17-4-2-12;8-1-3-11-6-7(5-10)12-4-2-9/h9-14H,1-8H2;7-10H,1-6H2. The first kappa shape index (κ1) is 35.4. The Morgan fingerprint density at radius 3 is 1.00 bits per heavy atom. The molecule has 0 saturated heterocycles. The lowest BCUT2D eigenvalue weighted by atomic mass is 10.5. The SMILES string of the molecule is SCCSC(CS)CSCC(CS)SCCS.SCCSCC(CS)SCCS. The molecule has 0 saturated carbocycles. The lowest BCUT2D eigenvalue weighted by molar-refractivity contribution is 1.12. The van der Waals surface area contributed by atoms with Gasteiger partial charge in [0.1, 0.15) is 0 Å². The zero-order valence-corrected chi connectivity index (χ0v) is 27.1. The number of thiol groups is 7. The molecule has 3 atom stereocenters. The molecule has 0 aromatic rings. The van der Waals surface area contributed by atoms with E-state index in [0.29, 0.717) is 15.7 Å². The van der Waals surface area contributed by atoms with Gasteiger partial charge in [0.25, 0.3) is 0 Å². The third kappa shape index (κ3) is 26.6. The van der Waals surface area contributed by atoms with Crippen molar-refractivity contribution < 1.29 is 0 Å². The van der Waals surface area contributed by atoms with Crippen LogP contribution in [0.4, 0.5) is 0 Å². The summed E-state index contributed by atoms with van der Waals surface area (Å²) in [5.74, 6) is 14.8. The second kappa shape index (κ2) is 30.2. The van der Waals surface area contributed by atoms with Crippen LogP contribution in [-0.4, -0.2) is 96.3 Å². The van der Waals surface area contributed by atoms with Crippen LogP contribution in [-0.2, 0) is 0 Å². The highest BCUT2D eigenvalue weighted by Crippen LogP contribution is 2.23. The van der Waals surface area contributed by atoms with Gasteiger partial charge in [-0.3, -0.25) is 0 Å². The van der Waals surface area contributed by atoms with Crippen LogP contribution < -0.4 is 0 Å². The average molecular weight is 627 g/mol. The number of hydrogen-bond donors (Lipinski definition) is 7. The Labute approximate surface area is 240 Å². The molecule has 29 heavy (non-hydrogen) atoms. The summed E-state index contributed by atoms with van der Waals surface area (Å²) in [6.07, 6.45) is 0. The normalized spacial score (nSPS) is 14.2. The molecule has 0 amide bonds. The molecule has 0 spiro atoms. The van der Waals surface area contributed by atoms with Gasteiger partial charge in [-0.1, -0.05) is 0 Å². The van der Waals surface area contributed by atoms with E-state index in [2.05, 4.69) is 88.4 Å². The number of hydrogen-bond acceptors (Lipinski definition) is 12. The smallest absolute Gasteiger partial charge is 0.0226 e. The van der Waals surface area contributed by atoms with Crippen LogP contribution in [0.5, 0.6) is 0 Å². The van der Waals surface area contributed by atoms with Gasteiger partial charge in [-0.05, 0) is 23.0 Å².